The van der Waals surface area contributed by atoms with Crippen LogP contribution in [0, 0.1) is 0 Å². The van der Waals surface area contributed by atoms with Gasteiger partial charge in [0.25, 0.3) is 4.38 Å². The van der Waals surface area contributed by atoms with E-state index in [0.29, 0.717) is 6.04 Å². The Morgan fingerprint density at radius 1 is 1.56 bits per heavy atom. The number of amides is 1. The minimum absolute atomic E-state index is 0.176. The van der Waals surface area contributed by atoms with Gasteiger partial charge in [0.15, 0.2) is 12.6 Å². The molecule has 1 amide bonds. The van der Waals surface area contributed by atoms with Gasteiger partial charge in [-0.15, -0.1) is 0 Å². The third-order valence-electron chi connectivity index (χ3n) is 2.94. The lowest BCUT2D eigenvalue weighted by molar-refractivity contribution is -0.564. The molecule has 102 valence electrons. The number of carbonyl (C=O) groups is 1. The van der Waals surface area contributed by atoms with Crippen molar-refractivity contribution >= 4 is 34.0 Å². The van der Waals surface area contributed by atoms with Crippen LogP contribution < -0.4 is 0 Å². The Morgan fingerprint density at radius 2 is 2.28 bits per heavy atom. The number of hydrogen-bond donors (Lipinski definition) is 0. The fraction of sp³-hybridized carbons (Fsp3) is 0.833. The van der Waals surface area contributed by atoms with Gasteiger partial charge in [-0.3, -0.25) is 4.90 Å². The van der Waals surface area contributed by atoms with E-state index in [2.05, 4.69) is 10.8 Å². The molecule has 1 saturated heterocycles. The molecule has 6 heteroatoms. The molecule has 4 nitrogen and oxygen atoms in total. The number of rotatable bonds is 0. The SMILES string of the molecule is CSC1=[N+]2CCN(C(=O)OC(C)(C)C)CC2CS1. The molecule has 0 radical (unpaired) electrons. The Labute approximate surface area is 117 Å². The van der Waals surface area contributed by atoms with E-state index in [-0.39, 0.29) is 6.09 Å². The van der Waals surface area contributed by atoms with Crippen LogP contribution in [0.2, 0.25) is 0 Å². The molecule has 18 heavy (non-hydrogen) atoms. The molecule has 0 aromatic rings. The van der Waals surface area contributed by atoms with Crippen LogP contribution >= 0.6 is 23.5 Å². The quantitative estimate of drug-likeness (QED) is 0.639. The zero-order chi connectivity index (χ0) is 13.3. The van der Waals surface area contributed by atoms with E-state index in [9.17, 15) is 4.79 Å². The topological polar surface area (TPSA) is 32.5 Å². The number of carbonyl (C=O) groups excluding carboxylic acids is 1. The standard InChI is InChI=1S/C12H21N2O2S2/c1-12(2,3)16-10(15)13-5-6-14-9(7-13)8-18-11(14)17-4/h9H,5-8H2,1-4H3/q+1. The zero-order valence-corrected chi connectivity index (χ0v) is 13.1. The monoisotopic (exact) mass is 289 g/mol. The van der Waals surface area contributed by atoms with Crippen molar-refractivity contribution in [2.24, 2.45) is 0 Å². The molecule has 0 aromatic heterocycles. The van der Waals surface area contributed by atoms with E-state index in [1.54, 1.807) is 0 Å². The molecule has 2 rings (SSSR count). The molecule has 1 unspecified atom stereocenters. The molecule has 2 aliphatic heterocycles. The highest BCUT2D eigenvalue weighted by Crippen LogP contribution is 2.27. The van der Waals surface area contributed by atoms with Crippen molar-refractivity contribution in [3.8, 4) is 0 Å². The molecule has 2 heterocycles. The Bertz CT molecular complexity index is 377. The second-order valence-corrected chi connectivity index (χ2v) is 7.62. The molecule has 0 aliphatic carbocycles. The van der Waals surface area contributed by atoms with Crippen molar-refractivity contribution in [2.75, 3.05) is 31.6 Å². The van der Waals surface area contributed by atoms with E-state index >= 15 is 0 Å². The summed E-state index contributed by atoms with van der Waals surface area (Å²) in [6.07, 6.45) is 1.94. The van der Waals surface area contributed by atoms with Gasteiger partial charge in [-0.1, -0.05) is 11.8 Å². The molecular weight excluding hydrogens is 268 g/mol. The van der Waals surface area contributed by atoms with Crippen molar-refractivity contribution in [1.82, 2.24) is 4.90 Å². The van der Waals surface area contributed by atoms with Gasteiger partial charge < -0.3 is 4.74 Å². The molecule has 0 N–H and O–H groups in total. The van der Waals surface area contributed by atoms with Gasteiger partial charge in [0.05, 0.1) is 18.8 Å². The van der Waals surface area contributed by atoms with Crippen molar-refractivity contribution < 1.29 is 14.1 Å². The molecule has 1 atom stereocenters. The molecule has 0 bridgehead atoms. The summed E-state index contributed by atoms with van der Waals surface area (Å²) in [4.78, 5) is 13.9. The van der Waals surface area contributed by atoms with Gasteiger partial charge >= 0.3 is 6.09 Å². The summed E-state index contributed by atoms with van der Waals surface area (Å²) in [6, 6.07) is 0.457. The number of thioether (sulfide) groups is 2. The number of ether oxygens (including phenoxy) is 1. The summed E-state index contributed by atoms with van der Waals surface area (Å²) in [7, 11) is 0. The first kappa shape index (κ1) is 14.1. The minimum atomic E-state index is -0.408. The van der Waals surface area contributed by atoms with Gasteiger partial charge in [0, 0.05) is 0 Å². The zero-order valence-electron chi connectivity index (χ0n) is 11.4. The average Bonchev–Trinajstić information content (AvgIpc) is 2.68. The van der Waals surface area contributed by atoms with Gasteiger partial charge in [-0.2, -0.15) is 0 Å². The van der Waals surface area contributed by atoms with Crippen LogP contribution in [0.25, 0.3) is 0 Å². The van der Waals surface area contributed by atoms with Gasteiger partial charge in [-0.25, -0.2) is 9.37 Å². The Morgan fingerprint density at radius 3 is 2.89 bits per heavy atom. The molecule has 1 fully saturated rings. The predicted octanol–water partition coefficient (Wildman–Crippen LogP) is 2.08. The van der Waals surface area contributed by atoms with E-state index in [1.165, 1.54) is 4.38 Å². The first-order valence-corrected chi connectivity index (χ1v) is 8.40. The highest BCUT2D eigenvalue weighted by Gasteiger charge is 2.40. The maximum atomic E-state index is 12.0. The van der Waals surface area contributed by atoms with Crippen LogP contribution in [0.15, 0.2) is 0 Å². The van der Waals surface area contributed by atoms with Crippen LogP contribution in [-0.4, -0.2) is 63.2 Å². The summed E-state index contributed by atoms with van der Waals surface area (Å²) in [5, 5.41) is 0. The lowest BCUT2D eigenvalue weighted by Gasteiger charge is -2.30. The minimum Gasteiger partial charge on any atom is -0.444 e. The first-order chi connectivity index (χ1) is 8.40. The summed E-state index contributed by atoms with van der Waals surface area (Å²) >= 11 is 3.71. The highest BCUT2D eigenvalue weighted by molar-refractivity contribution is 8.38. The van der Waals surface area contributed by atoms with Crippen molar-refractivity contribution in [2.45, 2.75) is 32.4 Å². The molecular formula is C12H21N2O2S2+. The van der Waals surface area contributed by atoms with Crippen molar-refractivity contribution in [3.63, 3.8) is 0 Å². The second kappa shape index (κ2) is 5.33. The smallest absolute Gasteiger partial charge is 0.410 e. The average molecular weight is 289 g/mol. The number of fused-ring (bicyclic) bond motifs is 1. The number of hydrogen-bond acceptors (Lipinski definition) is 4. The number of piperazine rings is 1. The fourth-order valence-electron chi connectivity index (χ4n) is 2.16. The predicted molar refractivity (Wildman–Crippen MR) is 77.7 cm³/mol. The molecule has 2 aliphatic rings. The Kier molecular flexibility index (Phi) is 4.16. The second-order valence-electron chi connectivity index (χ2n) is 5.55. The van der Waals surface area contributed by atoms with E-state index in [4.69, 9.17) is 4.74 Å². The first-order valence-electron chi connectivity index (χ1n) is 6.19. The third-order valence-corrected chi connectivity index (χ3v) is 5.41. The summed E-state index contributed by atoms with van der Waals surface area (Å²) in [6.45, 7) is 8.19. The summed E-state index contributed by atoms with van der Waals surface area (Å²) in [5.74, 6) is 1.08. The third kappa shape index (κ3) is 3.15. The van der Waals surface area contributed by atoms with Gasteiger partial charge in [0.1, 0.15) is 5.60 Å². The maximum Gasteiger partial charge on any atom is 0.410 e. The number of nitrogens with zero attached hydrogens (tertiary/aromatic N) is 2. The van der Waals surface area contributed by atoms with Gasteiger partial charge in [0.2, 0.25) is 0 Å². The lowest BCUT2D eigenvalue weighted by Crippen LogP contribution is -2.51. The van der Waals surface area contributed by atoms with Crippen LogP contribution in [-0.2, 0) is 4.74 Å². The molecule has 0 spiro atoms. The van der Waals surface area contributed by atoms with Crippen molar-refractivity contribution in [3.05, 3.63) is 0 Å². The normalized spacial score (nSPS) is 24.2. The van der Waals surface area contributed by atoms with Crippen LogP contribution in [0.1, 0.15) is 20.8 Å². The van der Waals surface area contributed by atoms with Crippen molar-refractivity contribution in [1.29, 1.82) is 0 Å². The van der Waals surface area contributed by atoms with Crippen LogP contribution in [0.5, 0.6) is 0 Å². The van der Waals surface area contributed by atoms with Crippen LogP contribution in [0.3, 0.4) is 0 Å². The lowest BCUT2D eigenvalue weighted by atomic mass is 10.2. The largest absolute Gasteiger partial charge is 0.444 e. The van der Waals surface area contributed by atoms with Gasteiger partial charge in [-0.05, 0) is 38.8 Å². The fourth-order valence-corrected chi connectivity index (χ4v) is 4.33. The highest BCUT2D eigenvalue weighted by atomic mass is 32.2. The maximum absolute atomic E-state index is 12.0. The summed E-state index contributed by atoms with van der Waals surface area (Å²) in [5.41, 5.74) is -0.408. The molecule has 0 saturated carbocycles. The van der Waals surface area contributed by atoms with E-state index in [1.807, 2.05) is 49.2 Å². The van der Waals surface area contributed by atoms with Crippen LogP contribution in [0.4, 0.5) is 4.79 Å². The Hall–Kier alpha value is -0.360. The van der Waals surface area contributed by atoms with E-state index in [0.717, 1.165) is 25.4 Å². The Balaban J connectivity index is 1.97. The molecule has 0 aromatic carbocycles. The van der Waals surface area contributed by atoms with E-state index < -0.39 is 5.60 Å². The summed E-state index contributed by atoms with van der Waals surface area (Å²) < 4.78 is 9.25.